The van der Waals surface area contributed by atoms with Gasteiger partial charge in [0.1, 0.15) is 17.7 Å². The standard InChI is InChI=1S/C19H16ClF2N3O2/c1-10(18(26)12-4-2-3-5-15(12)21)24-19(27)13-9-23-25-17(13)11-6-7-16(22)14(20)8-11/h2-10,18,26H,1H3,(H,23,25)(H,24,27). The van der Waals surface area contributed by atoms with Gasteiger partial charge in [-0.3, -0.25) is 9.89 Å². The van der Waals surface area contributed by atoms with Crippen LogP contribution in [0.25, 0.3) is 11.3 Å². The number of amides is 1. The maximum Gasteiger partial charge on any atom is 0.255 e. The lowest BCUT2D eigenvalue weighted by Crippen LogP contribution is -2.37. The van der Waals surface area contributed by atoms with Crippen molar-refractivity contribution in [2.45, 2.75) is 19.1 Å². The van der Waals surface area contributed by atoms with Crippen LogP contribution in [0.4, 0.5) is 8.78 Å². The van der Waals surface area contributed by atoms with Crippen LogP contribution in [0.3, 0.4) is 0 Å². The minimum Gasteiger partial charge on any atom is -0.386 e. The summed E-state index contributed by atoms with van der Waals surface area (Å²) < 4.78 is 27.2. The van der Waals surface area contributed by atoms with Gasteiger partial charge >= 0.3 is 0 Å². The van der Waals surface area contributed by atoms with Crippen LogP contribution in [-0.4, -0.2) is 27.3 Å². The van der Waals surface area contributed by atoms with Crippen LogP contribution in [0.5, 0.6) is 0 Å². The van der Waals surface area contributed by atoms with Crippen molar-refractivity contribution in [1.29, 1.82) is 0 Å². The van der Waals surface area contributed by atoms with E-state index in [-0.39, 0.29) is 16.1 Å². The average Bonchev–Trinajstić information content (AvgIpc) is 3.13. The summed E-state index contributed by atoms with van der Waals surface area (Å²) in [5.74, 6) is -1.66. The van der Waals surface area contributed by atoms with Crippen molar-refractivity contribution in [2.24, 2.45) is 0 Å². The summed E-state index contributed by atoms with van der Waals surface area (Å²) in [6.45, 7) is 1.56. The molecule has 3 aromatic rings. The van der Waals surface area contributed by atoms with Crippen LogP contribution in [0.15, 0.2) is 48.7 Å². The fourth-order valence-electron chi connectivity index (χ4n) is 2.68. The quantitative estimate of drug-likeness (QED) is 0.618. The molecule has 0 aliphatic heterocycles. The average molecular weight is 392 g/mol. The number of halogens is 3. The van der Waals surface area contributed by atoms with Crippen molar-refractivity contribution in [3.05, 3.63) is 76.4 Å². The molecule has 0 saturated carbocycles. The Bertz CT molecular complexity index is 977. The summed E-state index contributed by atoms with van der Waals surface area (Å²) in [7, 11) is 0. The van der Waals surface area contributed by atoms with Crippen LogP contribution in [0, 0.1) is 11.6 Å². The van der Waals surface area contributed by atoms with Gasteiger partial charge < -0.3 is 10.4 Å². The van der Waals surface area contributed by atoms with Gasteiger partial charge in [-0.25, -0.2) is 8.78 Å². The van der Waals surface area contributed by atoms with E-state index in [1.54, 1.807) is 13.0 Å². The Kier molecular flexibility index (Phi) is 5.53. The first-order valence-electron chi connectivity index (χ1n) is 8.10. The minimum absolute atomic E-state index is 0.0861. The number of H-pyrrole nitrogens is 1. The van der Waals surface area contributed by atoms with Crippen molar-refractivity contribution in [3.63, 3.8) is 0 Å². The number of carbonyl (C=O) groups excluding carboxylic acids is 1. The smallest absolute Gasteiger partial charge is 0.255 e. The lowest BCUT2D eigenvalue weighted by molar-refractivity contribution is 0.0846. The number of nitrogens with zero attached hydrogens (tertiary/aromatic N) is 1. The molecule has 140 valence electrons. The molecule has 0 aliphatic carbocycles. The van der Waals surface area contributed by atoms with Gasteiger partial charge in [0.25, 0.3) is 5.91 Å². The van der Waals surface area contributed by atoms with E-state index in [9.17, 15) is 18.7 Å². The predicted molar refractivity (Wildman–Crippen MR) is 97.3 cm³/mol. The van der Waals surface area contributed by atoms with E-state index in [1.807, 2.05) is 0 Å². The number of nitrogens with one attached hydrogen (secondary N) is 2. The summed E-state index contributed by atoms with van der Waals surface area (Å²) in [4.78, 5) is 12.6. The first-order valence-corrected chi connectivity index (χ1v) is 8.48. The third-order valence-corrected chi connectivity index (χ3v) is 4.44. The molecule has 0 radical (unpaired) electrons. The van der Waals surface area contributed by atoms with E-state index in [0.29, 0.717) is 11.3 Å². The fourth-order valence-corrected chi connectivity index (χ4v) is 2.86. The molecule has 2 unspecified atom stereocenters. The van der Waals surface area contributed by atoms with Gasteiger partial charge in [0.2, 0.25) is 0 Å². The maximum absolute atomic E-state index is 13.8. The zero-order valence-corrected chi connectivity index (χ0v) is 15.0. The monoisotopic (exact) mass is 391 g/mol. The molecule has 27 heavy (non-hydrogen) atoms. The van der Waals surface area contributed by atoms with Gasteiger partial charge in [-0.1, -0.05) is 29.8 Å². The second-order valence-electron chi connectivity index (χ2n) is 6.02. The minimum atomic E-state index is -1.23. The lowest BCUT2D eigenvalue weighted by atomic mass is 10.0. The highest BCUT2D eigenvalue weighted by atomic mass is 35.5. The zero-order valence-electron chi connectivity index (χ0n) is 14.2. The summed E-state index contributed by atoms with van der Waals surface area (Å²) in [5.41, 5.74) is 1.10. The van der Waals surface area contributed by atoms with E-state index >= 15 is 0 Å². The molecule has 1 heterocycles. The lowest BCUT2D eigenvalue weighted by Gasteiger charge is -2.21. The summed E-state index contributed by atoms with van der Waals surface area (Å²) in [6.07, 6.45) is 0.0789. The molecule has 0 aliphatic rings. The summed E-state index contributed by atoms with van der Waals surface area (Å²) in [6, 6.07) is 9.05. The first-order chi connectivity index (χ1) is 12.9. The van der Waals surface area contributed by atoms with Gasteiger partial charge in [0.15, 0.2) is 0 Å². The molecule has 2 aromatic carbocycles. The van der Waals surface area contributed by atoms with Crippen LogP contribution in [0.2, 0.25) is 5.02 Å². The Morgan fingerprint density at radius 3 is 2.67 bits per heavy atom. The first kappa shape index (κ1) is 19.0. The third kappa shape index (κ3) is 3.99. The molecule has 3 rings (SSSR count). The Morgan fingerprint density at radius 2 is 1.96 bits per heavy atom. The van der Waals surface area contributed by atoms with Crippen LogP contribution in [-0.2, 0) is 0 Å². The van der Waals surface area contributed by atoms with Crippen molar-refractivity contribution in [2.75, 3.05) is 0 Å². The van der Waals surface area contributed by atoms with E-state index in [2.05, 4.69) is 15.5 Å². The number of benzene rings is 2. The Hall–Kier alpha value is -2.77. The molecular weight excluding hydrogens is 376 g/mol. The third-order valence-electron chi connectivity index (χ3n) is 4.15. The highest BCUT2D eigenvalue weighted by Gasteiger charge is 2.24. The molecule has 1 amide bonds. The second kappa shape index (κ2) is 7.85. The van der Waals surface area contributed by atoms with Gasteiger partial charge in [0, 0.05) is 11.1 Å². The number of aromatic nitrogens is 2. The van der Waals surface area contributed by atoms with Crippen molar-refractivity contribution < 1.29 is 18.7 Å². The van der Waals surface area contributed by atoms with Crippen LogP contribution >= 0.6 is 11.6 Å². The second-order valence-corrected chi connectivity index (χ2v) is 6.42. The van der Waals surface area contributed by atoms with Gasteiger partial charge in [-0.2, -0.15) is 5.10 Å². The number of aromatic amines is 1. The topological polar surface area (TPSA) is 78.0 Å². The number of aliphatic hydroxyl groups excluding tert-OH is 1. The molecule has 0 bridgehead atoms. The normalized spacial score (nSPS) is 13.2. The zero-order chi connectivity index (χ0) is 19.6. The fraction of sp³-hybridized carbons (Fsp3) is 0.158. The van der Waals surface area contributed by atoms with Gasteiger partial charge in [-0.15, -0.1) is 0 Å². The van der Waals surface area contributed by atoms with Crippen molar-refractivity contribution in [1.82, 2.24) is 15.5 Å². The molecule has 5 nitrogen and oxygen atoms in total. The highest BCUT2D eigenvalue weighted by molar-refractivity contribution is 6.31. The van der Waals surface area contributed by atoms with Gasteiger partial charge in [0.05, 0.1) is 28.5 Å². The van der Waals surface area contributed by atoms with Crippen LogP contribution < -0.4 is 5.32 Å². The number of hydrogen-bond acceptors (Lipinski definition) is 3. The Labute approximate surface area is 159 Å². The molecule has 0 saturated heterocycles. The molecule has 0 fully saturated rings. The predicted octanol–water partition coefficient (Wildman–Crippen LogP) is 3.86. The summed E-state index contributed by atoms with van der Waals surface area (Å²) >= 11 is 5.79. The molecule has 0 spiro atoms. The van der Waals surface area contributed by atoms with Crippen molar-refractivity contribution in [3.8, 4) is 11.3 Å². The van der Waals surface area contributed by atoms with E-state index < -0.39 is 29.7 Å². The molecular formula is C19H16ClF2N3O2. The Morgan fingerprint density at radius 1 is 1.22 bits per heavy atom. The molecule has 8 heteroatoms. The van der Waals surface area contributed by atoms with Crippen molar-refractivity contribution >= 4 is 17.5 Å². The highest BCUT2D eigenvalue weighted by Crippen LogP contribution is 2.26. The number of hydrogen-bond donors (Lipinski definition) is 3. The Balaban J connectivity index is 1.80. The van der Waals surface area contributed by atoms with E-state index in [0.717, 1.165) is 0 Å². The number of carbonyl (C=O) groups is 1. The largest absolute Gasteiger partial charge is 0.386 e. The van der Waals surface area contributed by atoms with Crippen LogP contribution in [0.1, 0.15) is 28.9 Å². The van der Waals surface area contributed by atoms with Gasteiger partial charge in [-0.05, 0) is 31.2 Å². The van der Waals surface area contributed by atoms with E-state index in [1.165, 1.54) is 42.6 Å². The molecule has 2 atom stereocenters. The number of rotatable bonds is 5. The van der Waals surface area contributed by atoms with E-state index in [4.69, 9.17) is 11.6 Å². The number of aliphatic hydroxyl groups is 1. The summed E-state index contributed by atoms with van der Waals surface area (Å²) in [5, 5.41) is 19.4. The maximum atomic E-state index is 13.8. The SMILES string of the molecule is CC(NC(=O)c1cn[nH]c1-c1ccc(F)c(Cl)c1)C(O)c1ccccc1F. The molecule has 3 N–H and O–H groups in total. The molecule has 1 aromatic heterocycles.